The number of ether oxygens (including phenoxy) is 1. The first-order valence-electron chi connectivity index (χ1n) is 8.70. The largest absolute Gasteiger partial charge is 0.494 e. The highest BCUT2D eigenvalue weighted by atomic mass is 32.2. The number of nitrogens with zero attached hydrogens (tertiary/aromatic N) is 2. The zero-order valence-electron chi connectivity index (χ0n) is 14.9. The number of rotatable bonds is 10. The Kier molecular flexibility index (Phi) is 7.25. The minimum absolute atomic E-state index is 0.0368. The fourth-order valence-corrected chi connectivity index (χ4v) is 3.48. The van der Waals surface area contributed by atoms with Crippen LogP contribution >= 0.6 is 0 Å². The second kappa shape index (κ2) is 9.42. The molecule has 0 N–H and O–H groups in total. The van der Waals surface area contributed by atoms with E-state index in [0.29, 0.717) is 18.0 Å². The summed E-state index contributed by atoms with van der Waals surface area (Å²) < 4.78 is 32.1. The SMILES string of the molecule is CCCCCOc1ccc(N(Cc2ccccn2)S(=O)(=O)CC)cc1. The van der Waals surface area contributed by atoms with Gasteiger partial charge in [0.25, 0.3) is 0 Å². The molecule has 0 spiro atoms. The molecule has 0 aliphatic rings. The van der Waals surface area contributed by atoms with Gasteiger partial charge in [0.1, 0.15) is 5.75 Å². The van der Waals surface area contributed by atoms with E-state index in [1.165, 1.54) is 4.31 Å². The lowest BCUT2D eigenvalue weighted by atomic mass is 10.2. The number of benzene rings is 1. The summed E-state index contributed by atoms with van der Waals surface area (Å²) in [7, 11) is -3.40. The van der Waals surface area contributed by atoms with E-state index in [1.807, 2.05) is 30.3 Å². The van der Waals surface area contributed by atoms with Crippen molar-refractivity contribution in [1.82, 2.24) is 4.98 Å². The molecule has 0 amide bonds. The Morgan fingerprint density at radius 1 is 1.04 bits per heavy atom. The second-order valence-corrected chi connectivity index (χ2v) is 7.96. The smallest absolute Gasteiger partial charge is 0.235 e. The van der Waals surface area contributed by atoms with Crippen molar-refractivity contribution in [3.63, 3.8) is 0 Å². The van der Waals surface area contributed by atoms with Crippen LogP contribution < -0.4 is 9.04 Å². The Morgan fingerprint density at radius 3 is 2.40 bits per heavy atom. The number of hydrogen-bond donors (Lipinski definition) is 0. The Bertz CT molecular complexity index is 731. The molecule has 5 nitrogen and oxygen atoms in total. The van der Waals surface area contributed by atoms with Crippen molar-refractivity contribution in [2.24, 2.45) is 0 Å². The van der Waals surface area contributed by atoms with Crippen molar-refractivity contribution < 1.29 is 13.2 Å². The molecule has 0 aliphatic heterocycles. The third-order valence-electron chi connectivity index (χ3n) is 3.87. The predicted molar refractivity (Wildman–Crippen MR) is 101 cm³/mol. The Balaban J connectivity index is 2.14. The van der Waals surface area contributed by atoms with E-state index in [0.717, 1.165) is 25.0 Å². The lowest BCUT2D eigenvalue weighted by Gasteiger charge is -2.23. The molecule has 1 heterocycles. The van der Waals surface area contributed by atoms with Crippen molar-refractivity contribution in [3.8, 4) is 5.75 Å². The molecule has 2 aromatic rings. The van der Waals surface area contributed by atoms with Gasteiger partial charge >= 0.3 is 0 Å². The maximum absolute atomic E-state index is 12.5. The van der Waals surface area contributed by atoms with Gasteiger partial charge in [0, 0.05) is 6.20 Å². The van der Waals surface area contributed by atoms with Crippen LogP contribution in [0.3, 0.4) is 0 Å². The van der Waals surface area contributed by atoms with Crippen LogP contribution in [0, 0.1) is 0 Å². The molecule has 0 atom stereocenters. The van der Waals surface area contributed by atoms with Crippen LogP contribution in [0.4, 0.5) is 5.69 Å². The monoisotopic (exact) mass is 362 g/mol. The average molecular weight is 362 g/mol. The molecular weight excluding hydrogens is 336 g/mol. The average Bonchev–Trinajstić information content (AvgIpc) is 2.65. The number of aromatic nitrogens is 1. The van der Waals surface area contributed by atoms with Crippen LogP contribution in [0.1, 0.15) is 38.8 Å². The molecule has 25 heavy (non-hydrogen) atoms. The van der Waals surface area contributed by atoms with E-state index < -0.39 is 10.0 Å². The van der Waals surface area contributed by atoms with E-state index in [4.69, 9.17) is 4.74 Å². The molecule has 0 radical (unpaired) electrons. The molecule has 1 aromatic heterocycles. The first-order valence-corrected chi connectivity index (χ1v) is 10.3. The highest BCUT2D eigenvalue weighted by Crippen LogP contribution is 2.24. The fourth-order valence-electron chi connectivity index (χ4n) is 2.40. The van der Waals surface area contributed by atoms with E-state index in [1.54, 1.807) is 25.3 Å². The quantitative estimate of drug-likeness (QED) is 0.599. The molecule has 1 aromatic carbocycles. The molecule has 0 saturated heterocycles. The third kappa shape index (κ3) is 5.74. The maximum atomic E-state index is 12.5. The molecule has 0 unspecified atom stereocenters. The minimum Gasteiger partial charge on any atom is -0.494 e. The van der Waals surface area contributed by atoms with E-state index in [-0.39, 0.29) is 12.3 Å². The Morgan fingerprint density at radius 2 is 1.80 bits per heavy atom. The maximum Gasteiger partial charge on any atom is 0.235 e. The lowest BCUT2D eigenvalue weighted by molar-refractivity contribution is 0.306. The normalized spacial score (nSPS) is 11.3. The molecule has 0 aliphatic carbocycles. The van der Waals surface area contributed by atoms with Crippen LogP contribution in [0.15, 0.2) is 48.7 Å². The van der Waals surface area contributed by atoms with Gasteiger partial charge in [-0.05, 0) is 49.7 Å². The standard InChI is InChI=1S/C19H26N2O3S/c1-3-5-8-15-24-19-12-10-18(11-13-19)21(25(22,23)4-2)16-17-9-6-7-14-20-17/h6-7,9-14H,3-5,8,15-16H2,1-2H3. The molecule has 0 saturated carbocycles. The number of unbranched alkanes of at least 4 members (excludes halogenated alkanes) is 2. The Labute approximate surface area is 150 Å². The topological polar surface area (TPSA) is 59.5 Å². The van der Waals surface area contributed by atoms with Crippen molar-refractivity contribution in [3.05, 3.63) is 54.4 Å². The number of pyridine rings is 1. The highest BCUT2D eigenvalue weighted by Gasteiger charge is 2.21. The zero-order chi connectivity index (χ0) is 18.1. The molecule has 136 valence electrons. The van der Waals surface area contributed by atoms with Crippen molar-refractivity contribution in [2.45, 2.75) is 39.7 Å². The van der Waals surface area contributed by atoms with Gasteiger partial charge in [-0.15, -0.1) is 0 Å². The number of hydrogen-bond acceptors (Lipinski definition) is 4. The molecular formula is C19H26N2O3S. The van der Waals surface area contributed by atoms with E-state index in [2.05, 4.69) is 11.9 Å². The summed E-state index contributed by atoms with van der Waals surface area (Å²) in [6, 6.07) is 12.7. The van der Waals surface area contributed by atoms with Crippen molar-refractivity contribution in [2.75, 3.05) is 16.7 Å². The molecule has 0 fully saturated rings. The number of sulfonamides is 1. The Hall–Kier alpha value is -2.08. The summed E-state index contributed by atoms with van der Waals surface area (Å²) in [6.45, 7) is 4.69. The first-order chi connectivity index (χ1) is 12.1. The minimum atomic E-state index is -3.40. The summed E-state index contributed by atoms with van der Waals surface area (Å²) in [4.78, 5) is 4.24. The summed E-state index contributed by atoms with van der Waals surface area (Å²) in [5.41, 5.74) is 1.33. The second-order valence-electron chi connectivity index (χ2n) is 5.78. The van der Waals surface area contributed by atoms with Crippen molar-refractivity contribution >= 4 is 15.7 Å². The van der Waals surface area contributed by atoms with Gasteiger partial charge in [0.2, 0.25) is 10.0 Å². The van der Waals surface area contributed by atoms with E-state index >= 15 is 0 Å². The van der Waals surface area contributed by atoms with Gasteiger partial charge in [-0.2, -0.15) is 0 Å². The van der Waals surface area contributed by atoms with Gasteiger partial charge in [-0.25, -0.2) is 8.42 Å². The van der Waals surface area contributed by atoms with Crippen LogP contribution in [0.5, 0.6) is 5.75 Å². The summed E-state index contributed by atoms with van der Waals surface area (Å²) in [5.74, 6) is 0.793. The van der Waals surface area contributed by atoms with Gasteiger partial charge < -0.3 is 4.74 Å². The van der Waals surface area contributed by atoms with Gasteiger partial charge in [0.05, 0.1) is 30.3 Å². The first kappa shape index (κ1) is 19.2. The van der Waals surface area contributed by atoms with Crippen LogP contribution in [-0.2, 0) is 16.6 Å². The summed E-state index contributed by atoms with van der Waals surface area (Å²) >= 11 is 0. The highest BCUT2D eigenvalue weighted by molar-refractivity contribution is 7.92. The van der Waals surface area contributed by atoms with Crippen LogP contribution in [-0.4, -0.2) is 25.8 Å². The number of anilines is 1. The van der Waals surface area contributed by atoms with Crippen LogP contribution in [0.25, 0.3) is 0 Å². The predicted octanol–water partition coefficient (Wildman–Crippen LogP) is 4.01. The lowest BCUT2D eigenvalue weighted by Crippen LogP contribution is -2.32. The van der Waals surface area contributed by atoms with Gasteiger partial charge in [0.15, 0.2) is 0 Å². The third-order valence-corrected chi connectivity index (χ3v) is 5.61. The van der Waals surface area contributed by atoms with Crippen LogP contribution in [0.2, 0.25) is 0 Å². The fraction of sp³-hybridized carbons (Fsp3) is 0.421. The van der Waals surface area contributed by atoms with Gasteiger partial charge in [-0.3, -0.25) is 9.29 Å². The molecule has 6 heteroatoms. The van der Waals surface area contributed by atoms with Crippen molar-refractivity contribution in [1.29, 1.82) is 0 Å². The zero-order valence-corrected chi connectivity index (χ0v) is 15.7. The van der Waals surface area contributed by atoms with Gasteiger partial charge in [-0.1, -0.05) is 25.8 Å². The molecule has 0 bridgehead atoms. The summed E-state index contributed by atoms with van der Waals surface area (Å²) in [6.07, 6.45) is 4.98. The summed E-state index contributed by atoms with van der Waals surface area (Å²) in [5, 5.41) is 0. The molecule has 2 rings (SSSR count). The van der Waals surface area contributed by atoms with E-state index in [9.17, 15) is 8.42 Å².